The number of carbonyl (C=O) groups excluding carboxylic acids is 1. The zero-order chi connectivity index (χ0) is 14.9. The highest BCUT2D eigenvalue weighted by Gasteiger charge is 2.32. The molecule has 1 amide bonds. The van der Waals surface area contributed by atoms with Crippen LogP contribution in [0.4, 0.5) is 17.2 Å². The van der Waals surface area contributed by atoms with Gasteiger partial charge in [0.25, 0.3) is 0 Å². The van der Waals surface area contributed by atoms with E-state index in [4.69, 9.17) is 17.3 Å². The molecule has 0 bridgehead atoms. The molecule has 108 valence electrons. The van der Waals surface area contributed by atoms with Crippen LogP contribution in [0.5, 0.6) is 0 Å². The number of nitro groups is 1. The van der Waals surface area contributed by atoms with Gasteiger partial charge in [-0.05, 0) is 6.42 Å². The third-order valence-electron chi connectivity index (χ3n) is 3.10. The Morgan fingerprint density at radius 2 is 2.40 bits per heavy atom. The number of rotatable bonds is 3. The highest BCUT2D eigenvalue weighted by Crippen LogP contribution is 2.39. The van der Waals surface area contributed by atoms with E-state index < -0.39 is 4.92 Å². The third kappa shape index (κ3) is 2.74. The van der Waals surface area contributed by atoms with E-state index in [1.807, 2.05) is 0 Å². The summed E-state index contributed by atoms with van der Waals surface area (Å²) in [7, 11) is 0. The molecule has 0 saturated carbocycles. The molecule has 0 spiro atoms. The fraction of sp³-hybridized carbons (Fsp3) is 0.455. The van der Waals surface area contributed by atoms with Crippen LogP contribution < -0.4 is 16.0 Å². The first-order valence-corrected chi connectivity index (χ1v) is 6.38. The molecule has 9 heteroatoms. The zero-order valence-electron chi connectivity index (χ0n) is 10.8. The topological polar surface area (TPSA) is 114 Å². The lowest BCUT2D eigenvalue weighted by molar-refractivity contribution is -0.383. The van der Waals surface area contributed by atoms with Crippen LogP contribution in [-0.4, -0.2) is 34.9 Å². The fourth-order valence-electron chi connectivity index (χ4n) is 2.33. The Morgan fingerprint density at radius 1 is 1.70 bits per heavy atom. The fourth-order valence-corrected chi connectivity index (χ4v) is 2.59. The molecule has 8 nitrogen and oxygen atoms in total. The van der Waals surface area contributed by atoms with Crippen molar-refractivity contribution >= 4 is 34.7 Å². The van der Waals surface area contributed by atoms with Crippen molar-refractivity contribution < 1.29 is 9.72 Å². The predicted octanol–water partition coefficient (Wildman–Crippen LogP) is 0.940. The number of pyridine rings is 1. The number of anilines is 2. The smallest absolute Gasteiger partial charge is 0.335 e. The molecule has 1 saturated heterocycles. The first kappa shape index (κ1) is 14.3. The number of nitrogens with zero attached hydrogens (tertiary/aromatic N) is 3. The van der Waals surface area contributed by atoms with Crippen LogP contribution in [0.15, 0.2) is 6.20 Å². The summed E-state index contributed by atoms with van der Waals surface area (Å²) in [5, 5.41) is 14.1. The van der Waals surface area contributed by atoms with Crippen molar-refractivity contribution in [1.29, 1.82) is 0 Å². The maximum atomic E-state index is 11.1. The number of halogens is 1. The molecule has 0 radical (unpaired) electrons. The molecule has 0 aliphatic carbocycles. The van der Waals surface area contributed by atoms with Crippen molar-refractivity contribution in [3.05, 3.63) is 21.3 Å². The van der Waals surface area contributed by atoms with Gasteiger partial charge in [-0.2, -0.15) is 0 Å². The van der Waals surface area contributed by atoms with Gasteiger partial charge in [-0.25, -0.2) is 4.98 Å². The molecule has 1 fully saturated rings. The van der Waals surface area contributed by atoms with Gasteiger partial charge in [-0.3, -0.25) is 14.9 Å². The summed E-state index contributed by atoms with van der Waals surface area (Å²) in [5.41, 5.74) is 5.54. The van der Waals surface area contributed by atoms with Crippen LogP contribution in [0.3, 0.4) is 0 Å². The molecule has 1 aromatic rings. The standard InChI is InChI=1S/C11H14ClN5O3/c1-6(18)15-7-2-3-16(5-7)9-8(12)4-14-11(13)10(9)17(19)20/h4,7H,2-3,5H2,1H3,(H2,13,14)(H,15,18)/t7-/m0/s1. The van der Waals surface area contributed by atoms with E-state index in [9.17, 15) is 14.9 Å². The Morgan fingerprint density at radius 3 is 3.00 bits per heavy atom. The van der Waals surface area contributed by atoms with Gasteiger partial charge >= 0.3 is 5.69 Å². The molecule has 1 aliphatic heterocycles. The molecule has 1 atom stereocenters. The predicted molar refractivity (Wildman–Crippen MR) is 74.7 cm³/mol. The van der Waals surface area contributed by atoms with Gasteiger partial charge in [-0.1, -0.05) is 11.6 Å². The molecular weight excluding hydrogens is 286 g/mol. The van der Waals surface area contributed by atoms with E-state index in [1.165, 1.54) is 13.1 Å². The number of nitrogens with one attached hydrogen (secondary N) is 1. The summed E-state index contributed by atoms with van der Waals surface area (Å²) in [6.45, 7) is 2.43. The lowest BCUT2D eigenvalue weighted by atomic mass is 10.2. The van der Waals surface area contributed by atoms with Crippen LogP contribution in [0.1, 0.15) is 13.3 Å². The normalized spacial score (nSPS) is 18.1. The number of carbonyl (C=O) groups is 1. The maximum Gasteiger partial charge on any atom is 0.335 e. The van der Waals surface area contributed by atoms with Crippen LogP contribution in [0.2, 0.25) is 5.02 Å². The summed E-state index contributed by atoms with van der Waals surface area (Å²) in [4.78, 5) is 27.1. The first-order valence-electron chi connectivity index (χ1n) is 6.00. The minimum Gasteiger partial charge on any atom is -0.378 e. The number of hydrogen-bond donors (Lipinski definition) is 2. The van der Waals surface area contributed by atoms with Gasteiger partial charge < -0.3 is 16.0 Å². The second-order valence-corrected chi connectivity index (χ2v) is 4.99. The van der Waals surface area contributed by atoms with Crippen molar-refractivity contribution in [2.75, 3.05) is 23.7 Å². The summed E-state index contributed by atoms with van der Waals surface area (Å²) in [6.07, 6.45) is 1.99. The monoisotopic (exact) mass is 299 g/mol. The lowest BCUT2D eigenvalue weighted by Gasteiger charge is -2.20. The summed E-state index contributed by atoms with van der Waals surface area (Å²) in [6, 6.07) is -0.0578. The van der Waals surface area contributed by atoms with Crippen molar-refractivity contribution in [2.24, 2.45) is 0 Å². The molecule has 3 N–H and O–H groups in total. The average molecular weight is 300 g/mol. The van der Waals surface area contributed by atoms with E-state index in [0.717, 1.165) is 0 Å². The van der Waals surface area contributed by atoms with Crippen molar-refractivity contribution in [1.82, 2.24) is 10.3 Å². The molecule has 20 heavy (non-hydrogen) atoms. The quantitative estimate of drug-likeness (QED) is 0.634. The van der Waals surface area contributed by atoms with Gasteiger partial charge in [0.05, 0.1) is 16.1 Å². The van der Waals surface area contributed by atoms with Crippen LogP contribution >= 0.6 is 11.6 Å². The van der Waals surface area contributed by atoms with Gasteiger partial charge in [0.1, 0.15) is 5.69 Å². The minimum absolute atomic E-state index is 0.0578. The number of amides is 1. The minimum atomic E-state index is -0.588. The maximum absolute atomic E-state index is 11.1. The SMILES string of the molecule is CC(=O)N[C@H]1CCN(c2c(Cl)cnc(N)c2[N+](=O)[O-])C1. The molecule has 1 aromatic heterocycles. The highest BCUT2D eigenvalue weighted by molar-refractivity contribution is 6.33. The third-order valence-corrected chi connectivity index (χ3v) is 3.38. The summed E-state index contributed by atoms with van der Waals surface area (Å²) >= 11 is 6.03. The van der Waals surface area contributed by atoms with E-state index in [-0.39, 0.29) is 34.2 Å². The Kier molecular flexibility index (Phi) is 3.93. The van der Waals surface area contributed by atoms with Crippen LogP contribution in [0, 0.1) is 10.1 Å². The van der Waals surface area contributed by atoms with Gasteiger partial charge in [-0.15, -0.1) is 0 Å². The van der Waals surface area contributed by atoms with E-state index in [0.29, 0.717) is 19.5 Å². The second kappa shape index (κ2) is 5.49. The van der Waals surface area contributed by atoms with Gasteiger partial charge in [0.15, 0.2) is 0 Å². The van der Waals surface area contributed by atoms with Crippen LogP contribution in [0.25, 0.3) is 0 Å². The van der Waals surface area contributed by atoms with Crippen LogP contribution in [-0.2, 0) is 4.79 Å². The van der Waals surface area contributed by atoms with Crippen molar-refractivity contribution in [2.45, 2.75) is 19.4 Å². The Bertz CT molecular complexity index is 565. The number of aromatic nitrogens is 1. The Hall–Kier alpha value is -2.09. The second-order valence-electron chi connectivity index (χ2n) is 4.58. The molecular formula is C11H14ClN5O3. The molecule has 2 rings (SSSR count). The summed E-state index contributed by atoms with van der Waals surface area (Å²) in [5.74, 6) is -0.302. The molecule has 0 unspecified atom stereocenters. The molecule has 0 aromatic carbocycles. The van der Waals surface area contributed by atoms with Crippen molar-refractivity contribution in [3.8, 4) is 0 Å². The Balaban J connectivity index is 2.32. The lowest BCUT2D eigenvalue weighted by Crippen LogP contribution is -2.35. The number of nitrogens with two attached hydrogens (primary N) is 1. The van der Waals surface area contributed by atoms with Crippen molar-refractivity contribution in [3.63, 3.8) is 0 Å². The Labute approximate surface area is 120 Å². The van der Waals surface area contributed by atoms with Gasteiger partial charge in [0.2, 0.25) is 11.7 Å². The number of hydrogen-bond acceptors (Lipinski definition) is 6. The average Bonchev–Trinajstić information content (AvgIpc) is 2.78. The zero-order valence-corrected chi connectivity index (χ0v) is 11.6. The highest BCUT2D eigenvalue weighted by atomic mass is 35.5. The van der Waals surface area contributed by atoms with Gasteiger partial charge in [0, 0.05) is 26.1 Å². The molecule has 1 aliphatic rings. The largest absolute Gasteiger partial charge is 0.378 e. The van der Waals surface area contributed by atoms with E-state index >= 15 is 0 Å². The number of nitrogen functional groups attached to an aromatic ring is 1. The summed E-state index contributed by atoms with van der Waals surface area (Å²) < 4.78 is 0. The van der Waals surface area contributed by atoms with E-state index in [2.05, 4.69) is 10.3 Å². The molecule has 2 heterocycles. The van der Waals surface area contributed by atoms with E-state index in [1.54, 1.807) is 4.90 Å². The first-order chi connectivity index (χ1) is 9.40.